The summed E-state index contributed by atoms with van der Waals surface area (Å²) < 4.78 is 31.0. The van der Waals surface area contributed by atoms with Crippen LogP contribution < -0.4 is 5.32 Å². The number of sulfone groups is 1. The minimum atomic E-state index is -2.95. The monoisotopic (exact) mass is 305 g/mol. The number of hydrogen-bond donors (Lipinski definition) is 1. The quantitative estimate of drug-likeness (QED) is 0.845. The van der Waals surface area contributed by atoms with Crippen molar-refractivity contribution >= 4 is 21.6 Å². The Kier molecular flexibility index (Phi) is 4.13. The van der Waals surface area contributed by atoms with Gasteiger partial charge in [-0.3, -0.25) is 0 Å². The molecule has 0 aliphatic carbocycles. The Hall–Kier alpha value is 0.220. The van der Waals surface area contributed by atoms with E-state index in [1.165, 1.54) is 0 Å². The van der Waals surface area contributed by atoms with Gasteiger partial charge in [-0.2, -0.15) is 11.8 Å². The van der Waals surface area contributed by atoms with Gasteiger partial charge < -0.3 is 10.1 Å². The maximum Gasteiger partial charge on any atom is 0.153 e. The molecule has 0 aromatic rings. The van der Waals surface area contributed by atoms with Crippen molar-refractivity contribution in [2.45, 2.75) is 36.5 Å². The molecule has 1 atom stereocenters. The van der Waals surface area contributed by atoms with Gasteiger partial charge in [0.2, 0.25) is 0 Å². The second kappa shape index (κ2) is 5.54. The third-order valence-electron chi connectivity index (χ3n) is 4.69. The van der Waals surface area contributed by atoms with Gasteiger partial charge in [0.15, 0.2) is 9.84 Å². The van der Waals surface area contributed by atoms with Crippen LogP contribution in [0.25, 0.3) is 0 Å². The molecule has 3 aliphatic heterocycles. The Morgan fingerprint density at radius 3 is 2.63 bits per heavy atom. The fourth-order valence-electron chi connectivity index (χ4n) is 3.31. The summed E-state index contributed by atoms with van der Waals surface area (Å²) in [6, 6.07) is 0. The number of hydrogen-bond acceptors (Lipinski definition) is 5. The maximum absolute atomic E-state index is 12.5. The van der Waals surface area contributed by atoms with Crippen LogP contribution in [0.4, 0.5) is 0 Å². The SMILES string of the molecule is O=S(=O)(CC1CNC1)C1CCOC2(CCSCC2)C1. The van der Waals surface area contributed by atoms with E-state index in [4.69, 9.17) is 4.74 Å². The predicted molar refractivity (Wildman–Crippen MR) is 78.4 cm³/mol. The van der Waals surface area contributed by atoms with Crippen molar-refractivity contribution in [2.24, 2.45) is 5.92 Å². The minimum Gasteiger partial charge on any atom is -0.375 e. The van der Waals surface area contributed by atoms with Crippen LogP contribution in [0, 0.1) is 5.92 Å². The van der Waals surface area contributed by atoms with Gasteiger partial charge in [-0.15, -0.1) is 0 Å². The molecule has 3 fully saturated rings. The first-order chi connectivity index (χ1) is 9.10. The second-order valence-corrected chi connectivity index (χ2v) is 9.66. The van der Waals surface area contributed by atoms with Gasteiger partial charge in [0, 0.05) is 19.7 Å². The fourth-order valence-corrected chi connectivity index (χ4v) is 6.73. The Morgan fingerprint density at radius 2 is 2.00 bits per heavy atom. The highest BCUT2D eigenvalue weighted by atomic mass is 32.2. The summed E-state index contributed by atoms with van der Waals surface area (Å²) in [5, 5.41) is 2.99. The lowest BCUT2D eigenvalue weighted by Crippen LogP contribution is -2.50. The summed E-state index contributed by atoms with van der Waals surface area (Å²) in [6.45, 7) is 2.35. The van der Waals surface area contributed by atoms with E-state index in [2.05, 4.69) is 5.32 Å². The summed E-state index contributed by atoms with van der Waals surface area (Å²) in [7, 11) is -2.95. The zero-order valence-corrected chi connectivity index (χ0v) is 12.9. The number of rotatable bonds is 3. The topological polar surface area (TPSA) is 55.4 Å². The standard InChI is InChI=1S/C13H23NO3S2/c15-19(16,10-11-8-14-9-11)12-1-4-17-13(7-12)2-5-18-6-3-13/h11-12,14H,1-10H2. The average Bonchev–Trinajstić information content (AvgIpc) is 2.35. The van der Waals surface area contributed by atoms with E-state index in [9.17, 15) is 8.42 Å². The van der Waals surface area contributed by atoms with Crippen molar-refractivity contribution in [3.63, 3.8) is 0 Å². The Balaban J connectivity index is 1.66. The molecule has 0 aromatic heterocycles. The first kappa shape index (κ1) is 14.2. The Labute approximate surface area is 120 Å². The van der Waals surface area contributed by atoms with Crippen LogP contribution in [0.5, 0.6) is 0 Å². The second-order valence-electron chi connectivity index (χ2n) is 6.11. The first-order valence-corrected chi connectivity index (χ1v) is 10.1. The molecular formula is C13H23NO3S2. The lowest BCUT2D eigenvalue weighted by Gasteiger charge is -2.43. The van der Waals surface area contributed by atoms with Crippen molar-refractivity contribution < 1.29 is 13.2 Å². The van der Waals surface area contributed by atoms with E-state index in [0.717, 1.165) is 43.9 Å². The highest BCUT2D eigenvalue weighted by Gasteiger charge is 2.43. The molecule has 0 aromatic carbocycles. The Morgan fingerprint density at radius 1 is 1.26 bits per heavy atom. The molecule has 4 nitrogen and oxygen atoms in total. The molecule has 1 N–H and O–H groups in total. The van der Waals surface area contributed by atoms with E-state index in [-0.39, 0.29) is 10.9 Å². The van der Waals surface area contributed by atoms with Crippen molar-refractivity contribution in [1.29, 1.82) is 0 Å². The zero-order chi connectivity index (χ0) is 13.3. The molecule has 3 aliphatic rings. The van der Waals surface area contributed by atoms with Gasteiger partial charge in [0.05, 0.1) is 16.6 Å². The van der Waals surface area contributed by atoms with E-state index in [1.807, 2.05) is 11.8 Å². The molecule has 3 heterocycles. The molecule has 0 bridgehead atoms. The van der Waals surface area contributed by atoms with Crippen LogP contribution in [0.3, 0.4) is 0 Å². The van der Waals surface area contributed by atoms with E-state index in [1.54, 1.807) is 0 Å². The molecule has 110 valence electrons. The maximum atomic E-state index is 12.5. The number of thioether (sulfide) groups is 1. The molecule has 19 heavy (non-hydrogen) atoms. The highest BCUT2D eigenvalue weighted by Crippen LogP contribution is 2.39. The van der Waals surface area contributed by atoms with Gasteiger partial charge >= 0.3 is 0 Å². The van der Waals surface area contributed by atoms with Gasteiger partial charge in [-0.25, -0.2) is 8.42 Å². The molecular weight excluding hydrogens is 282 g/mol. The minimum absolute atomic E-state index is 0.126. The van der Waals surface area contributed by atoms with Gasteiger partial charge in [0.25, 0.3) is 0 Å². The van der Waals surface area contributed by atoms with Gasteiger partial charge in [0.1, 0.15) is 0 Å². The molecule has 0 radical (unpaired) electrons. The molecule has 6 heteroatoms. The lowest BCUT2D eigenvalue weighted by atomic mass is 9.88. The van der Waals surface area contributed by atoms with Crippen molar-refractivity contribution in [3.8, 4) is 0 Å². The summed E-state index contributed by atoms with van der Waals surface area (Å²) in [4.78, 5) is 0. The summed E-state index contributed by atoms with van der Waals surface area (Å²) in [5.41, 5.74) is -0.126. The zero-order valence-electron chi connectivity index (χ0n) is 11.3. The molecule has 3 rings (SSSR count). The van der Waals surface area contributed by atoms with Crippen LogP contribution >= 0.6 is 11.8 Å². The van der Waals surface area contributed by atoms with Crippen LogP contribution in [0.1, 0.15) is 25.7 Å². The first-order valence-electron chi connectivity index (χ1n) is 7.24. The molecule has 3 saturated heterocycles. The van der Waals surface area contributed by atoms with Crippen LogP contribution in [-0.2, 0) is 14.6 Å². The van der Waals surface area contributed by atoms with Crippen molar-refractivity contribution in [2.75, 3.05) is 37.0 Å². The third-order valence-corrected chi connectivity index (χ3v) is 8.03. The summed E-state index contributed by atoms with van der Waals surface area (Å²) >= 11 is 1.96. The summed E-state index contributed by atoms with van der Waals surface area (Å²) in [5.74, 6) is 2.93. The Bertz CT molecular complexity index is 408. The van der Waals surface area contributed by atoms with Crippen LogP contribution in [0.15, 0.2) is 0 Å². The van der Waals surface area contributed by atoms with Crippen LogP contribution in [0.2, 0.25) is 0 Å². The molecule has 0 saturated carbocycles. The summed E-state index contributed by atoms with van der Waals surface area (Å²) in [6.07, 6.45) is 3.47. The van der Waals surface area contributed by atoms with Crippen molar-refractivity contribution in [3.05, 3.63) is 0 Å². The number of ether oxygens (including phenoxy) is 1. The van der Waals surface area contributed by atoms with Crippen LogP contribution in [-0.4, -0.2) is 56.2 Å². The third kappa shape index (κ3) is 3.12. The van der Waals surface area contributed by atoms with Gasteiger partial charge in [-0.1, -0.05) is 0 Å². The van der Waals surface area contributed by atoms with E-state index in [0.29, 0.717) is 24.7 Å². The molecule has 1 spiro atoms. The van der Waals surface area contributed by atoms with E-state index < -0.39 is 9.84 Å². The molecule has 1 unspecified atom stereocenters. The fraction of sp³-hybridized carbons (Fsp3) is 1.00. The highest BCUT2D eigenvalue weighted by molar-refractivity contribution is 7.99. The van der Waals surface area contributed by atoms with E-state index >= 15 is 0 Å². The lowest BCUT2D eigenvalue weighted by molar-refractivity contribution is -0.0814. The number of nitrogens with one attached hydrogen (secondary N) is 1. The smallest absolute Gasteiger partial charge is 0.153 e. The predicted octanol–water partition coefficient (Wildman–Crippen LogP) is 1.07. The average molecular weight is 305 g/mol. The largest absolute Gasteiger partial charge is 0.375 e. The van der Waals surface area contributed by atoms with Crippen molar-refractivity contribution in [1.82, 2.24) is 5.32 Å². The van der Waals surface area contributed by atoms with Gasteiger partial charge in [-0.05, 0) is 43.1 Å². The molecule has 0 amide bonds. The normalized spacial score (nSPS) is 32.1.